The second kappa shape index (κ2) is 6.22. The highest BCUT2D eigenvalue weighted by atomic mass is 16.5. The van der Waals surface area contributed by atoms with Gasteiger partial charge in [0.2, 0.25) is 0 Å². The predicted octanol–water partition coefficient (Wildman–Crippen LogP) is 3.25. The molecule has 4 rings (SSSR count). The highest BCUT2D eigenvalue weighted by Gasteiger charge is 2.35. The van der Waals surface area contributed by atoms with Gasteiger partial charge in [0, 0.05) is 11.5 Å². The van der Waals surface area contributed by atoms with E-state index in [0.717, 1.165) is 0 Å². The predicted molar refractivity (Wildman–Crippen MR) is 94.1 cm³/mol. The maximum absolute atomic E-state index is 12.7. The first-order valence-corrected chi connectivity index (χ1v) is 8.10. The Kier molecular flexibility index (Phi) is 3.88. The Bertz CT molecular complexity index is 1070. The van der Waals surface area contributed by atoms with Crippen LogP contribution in [0.5, 0.6) is 17.2 Å². The third kappa shape index (κ3) is 2.50. The Morgan fingerprint density at radius 2 is 1.85 bits per heavy atom. The summed E-state index contributed by atoms with van der Waals surface area (Å²) in [6.45, 7) is 0. The fourth-order valence-corrected chi connectivity index (χ4v) is 3.35. The lowest BCUT2D eigenvalue weighted by Crippen LogP contribution is -2.27. The summed E-state index contributed by atoms with van der Waals surface area (Å²) in [7, 11) is 3.09. The lowest BCUT2D eigenvalue weighted by atomic mass is 9.86. The SMILES string of the molecule is COc1ccc(OC)c([C@@H]2CC(=O)Oc3c2c(=O)oc2ccccc32)c1. The molecule has 0 bridgehead atoms. The van der Waals surface area contributed by atoms with Gasteiger partial charge >= 0.3 is 11.6 Å². The minimum absolute atomic E-state index is 0.0135. The van der Waals surface area contributed by atoms with E-state index in [2.05, 4.69) is 0 Å². The van der Waals surface area contributed by atoms with Crippen LogP contribution in [0.3, 0.4) is 0 Å². The molecule has 6 nitrogen and oxygen atoms in total. The highest BCUT2D eigenvalue weighted by molar-refractivity contribution is 5.90. The zero-order valence-electron chi connectivity index (χ0n) is 14.3. The first-order chi connectivity index (χ1) is 12.6. The van der Waals surface area contributed by atoms with Crippen LogP contribution in [0.25, 0.3) is 11.0 Å². The number of hydrogen-bond acceptors (Lipinski definition) is 6. The average molecular weight is 352 g/mol. The largest absolute Gasteiger partial charge is 0.497 e. The molecule has 26 heavy (non-hydrogen) atoms. The van der Waals surface area contributed by atoms with Crippen molar-refractivity contribution >= 4 is 16.9 Å². The van der Waals surface area contributed by atoms with Crippen molar-refractivity contribution in [3.05, 3.63) is 64.0 Å². The van der Waals surface area contributed by atoms with Crippen molar-refractivity contribution in [2.75, 3.05) is 14.2 Å². The van der Waals surface area contributed by atoms with Crippen molar-refractivity contribution in [3.8, 4) is 17.2 Å². The molecule has 1 aliphatic rings. The normalized spacial score (nSPS) is 16.1. The van der Waals surface area contributed by atoms with Crippen molar-refractivity contribution in [1.82, 2.24) is 0 Å². The van der Waals surface area contributed by atoms with Gasteiger partial charge in [-0.25, -0.2) is 4.79 Å². The van der Waals surface area contributed by atoms with Gasteiger partial charge in [-0.05, 0) is 30.3 Å². The number of carbonyl (C=O) groups is 1. The van der Waals surface area contributed by atoms with E-state index in [1.165, 1.54) is 7.11 Å². The van der Waals surface area contributed by atoms with Gasteiger partial charge in [-0.1, -0.05) is 12.1 Å². The van der Waals surface area contributed by atoms with E-state index >= 15 is 0 Å². The van der Waals surface area contributed by atoms with Crippen LogP contribution >= 0.6 is 0 Å². The smallest absolute Gasteiger partial charge is 0.343 e. The maximum Gasteiger partial charge on any atom is 0.343 e. The highest BCUT2D eigenvalue weighted by Crippen LogP contribution is 2.44. The number of carbonyl (C=O) groups excluding carboxylic acids is 1. The summed E-state index contributed by atoms with van der Waals surface area (Å²) >= 11 is 0. The summed E-state index contributed by atoms with van der Waals surface area (Å²) in [4.78, 5) is 25.0. The molecule has 6 heteroatoms. The Labute approximate surface area is 148 Å². The summed E-state index contributed by atoms with van der Waals surface area (Å²) in [5.41, 5.74) is 0.838. The number of hydrogen-bond donors (Lipinski definition) is 0. The number of methoxy groups -OCH3 is 2. The molecule has 0 fully saturated rings. The quantitative estimate of drug-likeness (QED) is 0.532. The van der Waals surface area contributed by atoms with Crippen molar-refractivity contribution in [2.24, 2.45) is 0 Å². The molecule has 0 unspecified atom stereocenters. The van der Waals surface area contributed by atoms with E-state index in [0.29, 0.717) is 33.6 Å². The Morgan fingerprint density at radius 3 is 2.62 bits per heavy atom. The van der Waals surface area contributed by atoms with E-state index in [4.69, 9.17) is 18.6 Å². The fraction of sp³-hybridized carbons (Fsp3) is 0.200. The molecule has 0 N–H and O–H groups in total. The van der Waals surface area contributed by atoms with Crippen LogP contribution in [-0.2, 0) is 4.79 Å². The Morgan fingerprint density at radius 1 is 1.04 bits per heavy atom. The summed E-state index contributed by atoms with van der Waals surface area (Å²) in [6, 6.07) is 12.2. The van der Waals surface area contributed by atoms with Crippen LogP contribution in [0.4, 0.5) is 0 Å². The third-order valence-electron chi connectivity index (χ3n) is 4.55. The van der Waals surface area contributed by atoms with Gasteiger partial charge in [0.25, 0.3) is 0 Å². The molecule has 0 aliphatic carbocycles. The fourth-order valence-electron chi connectivity index (χ4n) is 3.35. The average Bonchev–Trinajstić information content (AvgIpc) is 2.66. The molecule has 1 aromatic heterocycles. The lowest BCUT2D eigenvalue weighted by Gasteiger charge is -2.25. The summed E-state index contributed by atoms with van der Waals surface area (Å²) < 4.78 is 21.6. The van der Waals surface area contributed by atoms with Gasteiger partial charge < -0.3 is 18.6 Å². The number of benzene rings is 2. The Hall–Kier alpha value is -3.28. The van der Waals surface area contributed by atoms with Crippen molar-refractivity contribution < 1.29 is 23.4 Å². The summed E-state index contributed by atoms with van der Waals surface area (Å²) in [6.07, 6.45) is 0.0135. The van der Waals surface area contributed by atoms with Gasteiger partial charge in [-0.15, -0.1) is 0 Å². The van der Waals surface area contributed by atoms with Crippen LogP contribution in [0, 0.1) is 0 Å². The molecule has 0 saturated heterocycles. The molecular weight excluding hydrogens is 336 g/mol. The molecule has 1 atom stereocenters. The van der Waals surface area contributed by atoms with E-state index < -0.39 is 17.5 Å². The minimum Gasteiger partial charge on any atom is -0.497 e. The number of fused-ring (bicyclic) bond motifs is 3. The molecule has 2 heterocycles. The molecule has 132 valence electrons. The standard InChI is InChI=1S/C20H16O6/c1-23-11-7-8-15(24-2)13(9-11)14-10-17(21)26-19-12-5-3-4-6-16(12)25-20(22)18(14)19/h3-9,14H,10H2,1-2H3/t14-/m0/s1. The molecule has 0 amide bonds. The minimum atomic E-state index is -0.544. The van der Waals surface area contributed by atoms with Crippen molar-refractivity contribution in [3.63, 3.8) is 0 Å². The van der Waals surface area contributed by atoms with Gasteiger partial charge in [0.15, 0.2) is 5.75 Å². The van der Waals surface area contributed by atoms with E-state index in [9.17, 15) is 9.59 Å². The first kappa shape index (κ1) is 16.2. The number of rotatable bonds is 3. The van der Waals surface area contributed by atoms with E-state index in [-0.39, 0.29) is 12.2 Å². The van der Waals surface area contributed by atoms with E-state index in [1.807, 2.05) is 0 Å². The van der Waals surface area contributed by atoms with Gasteiger partial charge in [-0.3, -0.25) is 4.79 Å². The van der Waals surface area contributed by atoms with Gasteiger partial charge in [0.05, 0.1) is 31.6 Å². The zero-order valence-corrected chi connectivity index (χ0v) is 14.3. The second-order valence-electron chi connectivity index (χ2n) is 5.97. The Balaban J connectivity index is 2.01. The molecular formula is C20H16O6. The van der Waals surface area contributed by atoms with Gasteiger partial charge in [0.1, 0.15) is 17.1 Å². The van der Waals surface area contributed by atoms with Crippen LogP contribution in [0.1, 0.15) is 23.5 Å². The first-order valence-electron chi connectivity index (χ1n) is 8.10. The molecule has 0 spiro atoms. The lowest BCUT2D eigenvalue weighted by molar-refractivity contribution is -0.135. The zero-order chi connectivity index (χ0) is 18.3. The van der Waals surface area contributed by atoms with Crippen LogP contribution in [0.15, 0.2) is 51.7 Å². The van der Waals surface area contributed by atoms with E-state index in [1.54, 1.807) is 49.6 Å². The molecule has 0 saturated carbocycles. The topological polar surface area (TPSA) is 75.0 Å². The number of para-hydroxylation sites is 1. The van der Waals surface area contributed by atoms with Crippen LogP contribution in [0.2, 0.25) is 0 Å². The molecule has 2 aromatic carbocycles. The monoisotopic (exact) mass is 352 g/mol. The third-order valence-corrected chi connectivity index (χ3v) is 4.55. The van der Waals surface area contributed by atoms with Gasteiger partial charge in [-0.2, -0.15) is 0 Å². The maximum atomic E-state index is 12.7. The molecule has 1 aliphatic heterocycles. The second-order valence-corrected chi connectivity index (χ2v) is 5.97. The number of esters is 1. The molecule has 0 radical (unpaired) electrons. The summed E-state index contributed by atoms with van der Waals surface area (Å²) in [5.74, 6) is 0.457. The van der Waals surface area contributed by atoms with Crippen LogP contribution < -0.4 is 19.8 Å². The van der Waals surface area contributed by atoms with Crippen molar-refractivity contribution in [1.29, 1.82) is 0 Å². The van der Waals surface area contributed by atoms with Crippen LogP contribution in [-0.4, -0.2) is 20.2 Å². The number of ether oxygens (including phenoxy) is 3. The molecule has 3 aromatic rings. The summed E-state index contributed by atoms with van der Waals surface area (Å²) in [5, 5.41) is 0.585. The van der Waals surface area contributed by atoms with Crippen molar-refractivity contribution in [2.45, 2.75) is 12.3 Å².